The molecule has 27 heavy (non-hydrogen) atoms. The number of aryl methyl sites for hydroxylation is 2. The second-order valence-electron chi connectivity index (χ2n) is 6.91. The third kappa shape index (κ3) is 5.07. The van der Waals surface area contributed by atoms with Gasteiger partial charge >= 0.3 is 0 Å². The molecule has 0 saturated carbocycles. The van der Waals surface area contributed by atoms with Crippen molar-refractivity contribution in [2.24, 2.45) is 0 Å². The van der Waals surface area contributed by atoms with Crippen molar-refractivity contribution in [1.82, 2.24) is 20.0 Å². The summed E-state index contributed by atoms with van der Waals surface area (Å²) in [6.45, 7) is 8.20. The highest BCUT2D eigenvalue weighted by Crippen LogP contribution is 2.16. The first-order valence-corrected chi connectivity index (χ1v) is 9.42. The molecule has 1 aliphatic heterocycles. The molecular weight excluding hydrogens is 347 g/mol. The van der Waals surface area contributed by atoms with Crippen LogP contribution in [0.15, 0.2) is 24.3 Å². The van der Waals surface area contributed by atoms with Gasteiger partial charge in [-0.05, 0) is 38.0 Å². The minimum atomic E-state index is -0.337. The number of nitrogens with one attached hydrogen (secondary N) is 1. The average molecular weight is 374 g/mol. The van der Waals surface area contributed by atoms with Crippen molar-refractivity contribution in [2.45, 2.75) is 26.7 Å². The van der Waals surface area contributed by atoms with Gasteiger partial charge in [-0.3, -0.25) is 14.8 Å². The fourth-order valence-corrected chi connectivity index (χ4v) is 3.40. The van der Waals surface area contributed by atoms with E-state index in [2.05, 4.69) is 15.1 Å². The van der Waals surface area contributed by atoms with Gasteiger partial charge in [-0.15, -0.1) is 0 Å². The standard InChI is InChI=1S/C20H27FN4O2/c1-15-17(16(2)23-22-15)7-8-20(26)25-11-9-24(10-12-25)13-14-27-19-6-4-3-5-18(19)21/h3-6H,7-14H2,1-2H3,(H,22,23). The molecule has 2 aromatic rings. The highest BCUT2D eigenvalue weighted by molar-refractivity contribution is 5.76. The van der Waals surface area contributed by atoms with Crippen molar-refractivity contribution < 1.29 is 13.9 Å². The Labute approximate surface area is 159 Å². The molecule has 7 heteroatoms. The maximum Gasteiger partial charge on any atom is 0.222 e. The summed E-state index contributed by atoms with van der Waals surface area (Å²) in [5.74, 6) is 0.143. The summed E-state index contributed by atoms with van der Waals surface area (Å²) >= 11 is 0. The van der Waals surface area contributed by atoms with Crippen LogP contribution in [0.5, 0.6) is 5.75 Å². The fraction of sp³-hybridized carbons (Fsp3) is 0.500. The van der Waals surface area contributed by atoms with E-state index in [9.17, 15) is 9.18 Å². The number of piperazine rings is 1. The van der Waals surface area contributed by atoms with Crippen molar-refractivity contribution in [3.8, 4) is 5.75 Å². The molecule has 3 rings (SSSR count). The molecular formula is C20H27FN4O2. The van der Waals surface area contributed by atoms with Gasteiger partial charge in [0.15, 0.2) is 11.6 Å². The zero-order valence-corrected chi connectivity index (χ0v) is 16.0. The van der Waals surface area contributed by atoms with Gasteiger partial charge < -0.3 is 9.64 Å². The van der Waals surface area contributed by atoms with Crippen LogP contribution in [0.4, 0.5) is 4.39 Å². The Balaban J connectivity index is 1.37. The lowest BCUT2D eigenvalue weighted by Crippen LogP contribution is -2.49. The summed E-state index contributed by atoms with van der Waals surface area (Å²) in [7, 11) is 0. The quantitative estimate of drug-likeness (QED) is 0.808. The van der Waals surface area contributed by atoms with E-state index < -0.39 is 0 Å². The molecule has 0 radical (unpaired) electrons. The first kappa shape index (κ1) is 19.4. The van der Waals surface area contributed by atoms with Crippen LogP contribution in [0.1, 0.15) is 23.4 Å². The van der Waals surface area contributed by atoms with Crippen molar-refractivity contribution in [3.63, 3.8) is 0 Å². The molecule has 0 atom stereocenters. The highest BCUT2D eigenvalue weighted by Gasteiger charge is 2.21. The Morgan fingerprint density at radius 2 is 1.96 bits per heavy atom. The fourth-order valence-electron chi connectivity index (χ4n) is 3.40. The van der Waals surface area contributed by atoms with Gasteiger partial charge in [0, 0.05) is 44.8 Å². The van der Waals surface area contributed by atoms with Gasteiger partial charge in [-0.1, -0.05) is 12.1 Å². The molecule has 1 fully saturated rings. The van der Waals surface area contributed by atoms with Gasteiger partial charge in [0.25, 0.3) is 0 Å². The van der Waals surface area contributed by atoms with E-state index in [0.29, 0.717) is 13.0 Å². The van der Waals surface area contributed by atoms with Gasteiger partial charge in [-0.25, -0.2) is 4.39 Å². The Morgan fingerprint density at radius 1 is 1.22 bits per heavy atom. The number of para-hydroxylation sites is 1. The summed E-state index contributed by atoms with van der Waals surface area (Å²) in [6, 6.07) is 6.44. The Bertz CT molecular complexity index is 750. The minimum Gasteiger partial charge on any atom is -0.489 e. The number of carbonyl (C=O) groups is 1. The molecule has 2 heterocycles. The van der Waals surface area contributed by atoms with Gasteiger partial charge in [0.2, 0.25) is 5.91 Å². The zero-order chi connectivity index (χ0) is 19.2. The number of H-pyrrole nitrogens is 1. The third-order valence-electron chi connectivity index (χ3n) is 5.10. The van der Waals surface area contributed by atoms with Crippen molar-refractivity contribution >= 4 is 5.91 Å². The van der Waals surface area contributed by atoms with E-state index in [-0.39, 0.29) is 17.5 Å². The number of aromatic nitrogens is 2. The molecule has 0 unspecified atom stereocenters. The molecule has 1 aromatic carbocycles. The third-order valence-corrected chi connectivity index (χ3v) is 5.10. The van der Waals surface area contributed by atoms with E-state index in [0.717, 1.165) is 56.1 Å². The molecule has 1 N–H and O–H groups in total. The van der Waals surface area contributed by atoms with E-state index in [1.165, 1.54) is 6.07 Å². The number of halogens is 1. The molecule has 1 aromatic heterocycles. The monoisotopic (exact) mass is 374 g/mol. The zero-order valence-electron chi connectivity index (χ0n) is 16.0. The van der Waals surface area contributed by atoms with Crippen molar-refractivity contribution in [1.29, 1.82) is 0 Å². The number of carbonyl (C=O) groups excluding carboxylic acids is 1. The van der Waals surface area contributed by atoms with E-state index in [1.54, 1.807) is 18.2 Å². The molecule has 1 aliphatic rings. The smallest absolute Gasteiger partial charge is 0.222 e. The van der Waals surface area contributed by atoms with Crippen LogP contribution in [0.2, 0.25) is 0 Å². The summed E-state index contributed by atoms with van der Waals surface area (Å²) in [5, 5.41) is 7.14. The number of benzene rings is 1. The Kier molecular flexibility index (Phi) is 6.45. The number of nitrogens with zero attached hydrogens (tertiary/aromatic N) is 3. The average Bonchev–Trinajstić information content (AvgIpc) is 3.00. The Hall–Kier alpha value is -2.41. The molecule has 0 aliphatic carbocycles. The van der Waals surface area contributed by atoms with E-state index >= 15 is 0 Å². The summed E-state index contributed by atoms with van der Waals surface area (Å²) in [4.78, 5) is 16.6. The summed E-state index contributed by atoms with van der Waals surface area (Å²) in [6.07, 6.45) is 1.24. The van der Waals surface area contributed by atoms with E-state index in [1.807, 2.05) is 18.7 Å². The Morgan fingerprint density at radius 3 is 2.63 bits per heavy atom. The topological polar surface area (TPSA) is 61.5 Å². The number of hydrogen-bond acceptors (Lipinski definition) is 4. The molecule has 6 nitrogen and oxygen atoms in total. The second kappa shape index (κ2) is 8.99. The van der Waals surface area contributed by atoms with Crippen LogP contribution in [0.3, 0.4) is 0 Å². The van der Waals surface area contributed by atoms with E-state index in [4.69, 9.17) is 4.74 Å². The summed E-state index contributed by atoms with van der Waals surface area (Å²) < 4.78 is 19.0. The molecule has 1 saturated heterocycles. The van der Waals surface area contributed by atoms with Crippen LogP contribution in [0.25, 0.3) is 0 Å². The van der Waals surface area contributed by atoms with Gasteiger partial charge in [0.1, 0.15) is 6.61 Å². The van der Waals surface area contributed by atoms with Crippen LogP contribution in [0, 0.1) is 19.7 Å². The van der Waals surface area contributed by atoms with Crippen LogP contribution in [-0.4, -0.2) is 65.2 Å². The first-order valence-electron chi connectivity index (χ1n) is 9.42. The largest absolute Gasteiger partial charge is 0.489 e. The molecule has 0 spiro atoms. The van der Waals surface area contributed by atoms with Crippen LogP contribution >= 0.6 is 0 Å². The lowest BCUT2D eigenvalue weighted by Gasteiger charge is -2.34. The van der Waals surface area contributed by atoms with Crippen LogP contribution in [-0.2, 0) is 11.2 Å². The highest BCUT2D eigenvalue weighted by atomic mass is 19.1. The lowest BCUT2D eigenvalue weighted by atomic mass is 10.1. The SMILES string of the molecule is Cc1n[nH]c(C)c1CCC(=O)N1CCN(CCOc2ccccc2F)CC1. The maximum absolute atomic E-state index is 13.5. The predicted molar refractivity (Wildman–Crippen MR) is 101 cm³/mol. The second-order valence-corrected chi connectivity index (χ2v) is 6.91. The summed E-state index contributed by atoms with van der Waals surface area (Å²) in [5.41, 5.74) is 3.16. The first-order chi connectivity index (χ1) is 13.0. The van der Waals surface area contributed by atoms with Crippen LogP contribution < -0.4 is 4.74 Å². The van der Waals surface area contributed by atoms with Crippen molar-refractivity contribution in [2.75, 3.05) is 39.3 Å². The van der Waals surface area contributed by atoms with Gasteiger partial charge in [-0.2, -0.15) is 5.10 Å². The minimum absolute atomic E-state index is 0.192. The number of hydrogen-bond donors (Lipinski definition) is 1. The van der Waals surface area contributed by atoms with Crippen molar-refractivity contribution in [3.05, 3.63) is 47.0 Å². The molecule has 0 bridgehead atoms. The lowest BCUT2D eigenvalue weighted by molar-refractivity contribution is -0.132. The number of rotatable bonds is 7. The molecule has 1 amide bonds. The normalized spacial score (nSPS) is 15.1. The number of amides is 1. The molecule has 146 valence electrons. The van der Waals surface area contributed by atoms with Gasteiger partial charge in [0.05, 0.1) is 5.69 Å². The number of ether oxygens (including phenoxy) is 1. The maximum atomic E-state index is 13.5. The predicted octanol–water partition coefficient (Wildman–Crippen LogP) is 2.32. The number of aromatic amines is 1.